The van der Waals surface area contributed by atoms with Crippen LogP contribution in [0.1, 0.15) is 87.0 Å². The normalized spacial score (nSPS) is 18.8. The fraction of sp³-hybridized carbons (Fsp3) is 0.485. The molecule has 5 rings (SSSR count). The average molecular weight is 520 g/mol. The molecule has 1 unspecified atom stereocenters. The molecule has 2 fully saturated rings. The summed E-state index contributed by atoms with van der Waals surface area (Å²) in [5.41, 5.74) is 8.39. The molecular formula is C33H42ClNO2. The summed E-state index contributed by atoms with van der Waals surface area (Å²) in [7, 11) is 0. The minimum absolute atomic E-state index is 0. The van der Waals surface area contributed by atoms with Crippen molar-refractivity contribution in [1.29, 1.82) is 0 Å². The van der Waals surface area contributed by atoms with Gasteiger partial charge in [-0.05, 0) is 85.7 Å². The van der Waals surface area contributed by atoms with E-state index in [2.05, 4.69) is 65.6 Å². The predicted molar refractivity (Wildman–Crippen MR) is 157 cm³/mol. The molecule has 2 aliphatic carbocycles. The number of fused-ring (bicyclic) bond motifs is 2. The molecule has 1 atom stereocenters. The van der Waals surface area contributed by atoms with E-state index in [4.69, 9.17) is 4.74 Å². The van der Waals surface area contributed by atoms with Gasteiger partial charge in [-0.25, -0.2) is 0 Å². The van der Waals surface area contributed by atoms with E-state index in [0.717, 1.165) is 45.3 Å². The van der Waals surface area contributed by atoms with Gasteiger partial charge in [0.1, 0.15) is 0 Å². The van der Waals surface area contributed by atoms with Gasteiger partial charge in [0, 0.05) is 13.1 Å². The molecule has 4 heteroatoms. The molecule has 1 aliphatic heterocycles. The van der Waals surface area contributed by atoms with Gasteiger partial charge in [-0.2, -0.15) is 0 Å². The Balaban J connectivity index is 0.00000320. The van der Waals surface area contributed by atoms with Gasteiger partial charge in [0.05, 0.1) is 12.5 Å². The molecule has 0 amide bonds. The van der Waals surface area contributed by atoms with E-state index >= 15 is 0 Å². The number of nitrogens with zero attached hydrogens (tertiary/aromatic N) is 1. The first kappa shape index (κ1) is 27.7. The highest BCUT2D eigenvalue weighted by Crippen LogP contribution is 2.39. The molecule has 0 aromatic heterocycles. The quantitative estimate of drug-likeness (QED) is 0.296. The highest BCUT2D eigenvalue weighted by molar-refractivity contribution is 5.94. The molecule has 3 aliphatic rings. The fourth-order valence-corrected chi connectivity index (χ4v) is 6.61. The average Bonchev–Trinajstić information content (AvgIpc) is 3.09. The van der Waals surface area contributed by atoms with E-state index in [-0.39, 0.29) is 24.3 Å². The van der Waals surface area contributed by atoms with Crippen molar-refractivity contribution >= 4 is 36.1 Å². The summed E-state index contributed by atoms with van der Waals surface area (Å²) in [5, 5.41) is 0. The topological polar surface area (TPSA) is 29.5 Å². The van der Waals surface area contributed by atoms with Crippen LogP contribution in [0.15, 0.2) is 54.1 Å². The van der Waals surface area contributed by atoms with Crippen LogP contribution < -0.4 is 0 Å². The fourth-order valence-electron chi connectivity index (χ4n) is 6.61. The molecule has 0 radical (unpaired) electrons. The van der Waals surface area contributed by atoms with Gasteiger partial charge >= 0.3 is 5.97 Å². The number of rotatable bonds is 7. The largest absolute Gasteiger partial charge is 0.466 e. The van der Waals surface area contributed by atoms with Gasteiger partial charge in [0.25, 0.3) is 0 Å². The number of esters is 1. The van der Waals surface area contributed by atoms with Crippen molar-refractivity contribution < 1.29 is 9.53 Å². The number of piperidine rings is 1. The second-order valence-corrected chi connectivity index (χ2v) is 10.7. The summed E-state index contributed by atoms with van der Waals surface area (Å²) in [5.74, 6) is 0.674. The first-order valence-corrected chi connectivity index (χ1v) is 14.2. The molecule has 0 N–H and O–H groups in total. The van der Waals surface area contributed by atoms with Crippen molar-refractivity contribution in [1.82, 2.24) is 4.90 Å². The van der Waals surface area contributed by atoms with Crippen molar-refractivity contribution in [3.63, 3.8) is 0 Å². The Hall–Kier alpha value is -2.36. The second-order valence-electron chi connectivity index (χ2n) is 10.7. The highest BCUT2D eigenvalue weighted by Gasteiger charge is 2.30. The van der Waals surface area contributed by atoms with Crippen LogP contribution in [0.5, 0.6) is 0 Å². The van der Waals surface area contributed by atoms with E-state index < -0.39 is 0 Å². The van der Waals surface area contributed by atoms with Crippen LogP contribution >= 0.6 is 12.4 Å². The first-order chi connectivity index (χ1) is 17.7. The van der Waals surface area contributed by atoms with E-state index in [0.29, 0.717) is 12.5 Å². The van der Waals surface area contributed by atoms with Crippen LogP contribution in [0.3, 0.4) is 0 Å². The third kappa shape index (κ3) is 6.56. The van der Waals surface area contributed by atoms with E-state index in [1.807, 2.05) is 6.92 Å². The third-order valence-electron chi connectivity index (χ3n) is 8.51. The summed E-state index contributed by atoms with van der Waals surface area (Å²) in [6.45, 7) is 5.71. The molecule has 198 valence electrons. The molecule has 2 aromatic rings. The Morgan fingerprint density at radius 2 is 1.51 bits per heavy atom. The Kier molecular flexibility index (Phi) is 10.1. The van der Waals surface area contributed by atoms with Crippen molar-refractivity contribution in [3.8, 4) is 0 Å². The SMILES string of the molecule is CCOC(=O)C(CCCN1CCC(=C2c3ccccc3C=Cc3ccccc32)CC1)C1CCCCC1.Cl. The number of carbonyl (C=O) groups excluding carboxylic acids is 1. The Bertz CT molecular complexity index is 1050. The molecular weight excluding hydrogens is 478 g/mol. The lowest BCUT2D eigenvalue weighted by Gasteiger charge is -2.32. The lowest BCUT2D eigenvalue weighted by atomic mass is 9.78. The summed E-state index contributed by atoms with van der Waals surface area (Å²) in [4.78, 5) is 15.3. The maximum Gasteiger partial charge on any atom is 0.309 e. The van der Waals surface area contributed by atoms with Gasteiger partial charge < -0.3 is 9.64 Å². The standard InChI is InChI=1S/C33H41NO2.ClH/c1-2-36-33(35)31(25-11-4-3-5-12-25)17-10-22-34-23-20-28(21-24-34)32-29-15-8-6-13-26(29)18-19-27-14-7-9-16-30(27)32;/h6-9,13-16,18-19,25,31H,2-5,10-12,17,20-24H2,1H3;1H. The zero-order valence-electron chi connectivity index (χ0n) is 22.3. The summed E-state index contributed by atoms with van der Waals surface area (Å²) >= 11 is 0. The van der Waals surface area contributed by atoms with Crippen molar-refractivity contribution in [3.05, 3.63) is 76.4 Å². The van der Waals surface area contributed by atoms with Crippen molar-refractivity contribution in [2.45, 2.75) is 64.7 Å². The van der Waals surface area contributed by atoms with Gasteiger partial charge in [-0.3, -0.25) is 4.79 Å². The van der Waals surface area contributed by atoms with E-state index in [1.165, 1.54) is 59.9 Å². The zero-order chi connectivity index (χ0) is 24.7. The van der Waals surface area contributed by atoms with Crippen molar-refractivity contribution in [2.24, 2.45) is 11.8 Å². The molecule has 37 heavy (non-hydrogen) atoms. The van der Waals surface area contributed by atoms with E-state index in [9.17, 15) is 4.79 Å². The van der Waals surface area contributed by atoms with Crippen LogP contribution in [0.2, 0.25) is 0 Å². The Morgan fingerprint density at radius 3 is 2.11 bits per heavy atom. The highest BCUT2D eigenvalue weighted by atomic mass is 35.5. The van der Waals surface area contributed by atoms with Gasteiger partial charge in [-0.1, -0.05) is 85.5 Å². The van der Waals surface area contributed by atoms with Crippen molar-refractivity contribution in [2.75, 3.05) is 26.2 Å². The lowest BCUT2D eigenvalue weighted by molar-refractivity contribution is -0.150. The zero-order valence-corrected chi connectivity index (χ0v) is 23.1. The second kappa shape index (κ2) is 13.4. The number of hydrogen-bond acceptors (Lipinski definition) is 3. The van der Waals surface area contributed by atoms with E-state index in [1.54, 1.807) is 5.57 Å². The van der Waals surface area contributed by atoms with Gasteiger partial charge in [0.2, 0.25) is 0 Å². The predicted octanol–water partition coefficient (Wildman–Crippen LogP) is 8.03. The smallest absolute Gasteiger partial charge is 0.309 e. The minimum Gasteiger partial charge on any atom is -0.466 e. The van der Waals surface area contributed by atoms with Crippen LogP contribution in [0, 0.1) is 11.8 Å². The number of hydrogen-bond donors (Lipinski definition) is 0. The third-order valence-corrected chi connectivity index (χ3v) is 8.51. The van der Waals surface area contributed by atoms with Crippen LogP contribution in [0.25, 0.3) is 17.7 Å². The molecule has 3 nitrogen and oxygen atoms in total. The summed E-state index contributed by atoms with van der Waals surface area (Å²) in [6, 6.07) is 17.7. The Labute approximate surface area is 229 Å². The van der Waals surface area contributed by atoms with Crippen LogP contribution in [-0.2, 0) is 9.53 Å². The monoisotopic (exact) mass is 519 g/mol. The lowest BCUT2D eigenvalue weighted by Crippen LogP contribution is -2.33. The number of benzene rings is 2. The number of likely N-dealkylation sites (tertiary alicyclic amines) is 1. The maximum absolute atomic E-state index is 12.7. The number of carbonyl (C=O) groups is 1. The molecule has 1 heterocycles. The maximum atomic E-state index is 12.7. The molecule has 1 saturated carbocycles. The van der Waals surface area contributed by atoms with Crippen LogP contribution in [0.4, 0.5) is 0 Å². The summed E-state index contributed by atoms with van der Waals surface area (Å²) < 4.78 is 5.48. The van der Waals surface area contributed by atoms with Gasteiger partial charge in [-0.15, -0.1) is 12.4 Å². The summed E-state index contributed by atoms with van der Waals surface area (Å²) in [6.07, 6.45) is 15.1. The first-order valence-electron chi connectivity index (χ1n) is 14.2. The van der Waals surface area contributed by atoms with Gasteiger partial charge in [0.15, 0.2) is 0 Å². The van der Waals surface area contributed by atoms with Crippen LogP contribution in [-0.4, -0.2) is 37.1 Å². The molecule has 1 saturated heterocycles. The molecule has 2 aromatic carbocycles. The minimum atomic E-state index is 0. The Morgan fingerprint density at radius 1 is 0.919 bits per heavy atom. The molecule has 0 bridgehead atoms. The molecule has 0 spiro atoms. The number of ether oxygens (including phenoxy) is 1. The number of halogens is 1.